The van der Waals surface area contributed by atoms with Crippen molar-refractivity contribution in [3.63, 3.8) is 0 Å². The zero-order valence-corrected chi connectivity index (χ0v) is 19.2. The van der Waals surface area contributed by atoms with Crippen molar-refractivity contribution in [2.24, 2.45) is 23.7 Å². The fourth-order valence-corrected chi connectivity index (χ4v) is 6.28. The Balaban J connectivity index is 1.75. The molecule has 0 nitrogen and oxygen atoms in total. The van der Waals surface area contributed by atoms with Gasteiger partial charge in [0.05, 0.1) is 10.0 Å². The van der Waals surface area contributed by atoms with Crippen LogP contribution in [0.4, 0.5) is 0 Å². The molecule has 4 atom stereocenters. The zero-order chi connectivity index (χ0) is 18.1. The molecule has 0 N–H and O–H groups in total. The Morgan fingerprint density at radius 1 is 1.08 bits per heavy atom. The third-order valence-electron chi connectivity index (χ3n) is 6.79. The van der Waals surface area contributed by atoms with Crippen LogP contribution >= 0.6 is 45.8 Å². The lowest BCUT2D eigenvalue weighted by atomic mass is 9.66. The van der Waals surface area contributed by atoms with Crippen LogP contribution in [0.25, 0.3) is 5.57 Å². The van der Waals surface area contributed by atoms with Gasteiger partial charge in [-0.1, -0.05) is 55.1 Å². The van der Waals surface area contributed by atoms with Crippen LogP contribution in [-0.2, 0) is 0 Å². The van der Waals surface area contributed by atoms with Crippen molar-refractivity contribution in [3.8, 4) is 0 Å². The van der Waals surface area contributed by atoms with E-state index in [1.54, 1.807) is 0 Å². The van der Waals surface area contributed by atoms with Crippen molar-refractivity contribution < 1.29 is 0 Å². The summed E-state index contributed by atoms with van der Waals surface area (Å²) in [6.45, 7) is 7.15. The van der Waals surface area contributed by atoms with E-state index in [1.807, 2.05) is 0 Å². The number of benzene rings is 1. The van der Waals surface area contributed by atoms with E-state index in [2.05, 4.69) is 55.5 Å². The van der Waals surface area contributed by atoms with Gasteiger partial charge < -0.3 is 0 Å². The maximum atomic E-state index is 6.56. The van der Waals surface area contributed by atoms with Crippen molar-refractivity contribution in [2.75, 3.05) is 0 Å². The molecule has 2 aliphatic carbocycles. The van der Waals surface area contributed by atoms with Crippen molar-refractivity contribution in [2.45, 2.75) is 65.7 Å². The summed E-state index contributed by atoms with van der Waals surface area (Å²) < 4.78 is 1.03. The molecule has 3 unspecified atom stereocenters. The van der Waals surface area contributed by atoms with Crippen LogP contribution in [0, 0.1) is 27.2 Å². The molecule has 3 rings (SSSR count). The summed E-state index contributed by atoms with van der Waals surface area (Å²) in [7, 11) is 0. The Kier molecular flexibility index (Phi) is 6.82. The predicted octanol–water partition coefficient (Wildman–Crippen LogP) is 8.63. The second-order valence-electron chi connectivity index (χ2n) is 8.20. The highest BCUT2D eigenvalue weighted by Crippen LogP contribution is 2.47. The Hall–Kier alpha value is 0.270. The number of halogens is 3. The molecule has 3 heteroatoms. The van der Waals surface area contributed by atoms with Gasteiger partial charge in [-0.05, 0) is 109 Å². The highest BCUT2D eigenvalue weighted by Gasteiger charge is 2.33. The van der Waals surface area contributed by atoms with Gasteiger partial charge in [-0.3, -0.25) is 0 Å². The molecule has 0 spiro atoms. The van der Waals surface area contributed by atoms with Crippen molar-refractivity contribution in [1.29, 1.82) is 0 Å². The maximum Gasteiger partial charge on any atom is 0.0731 e. The Morgan fingerprint density at radius 3 is 2.48 bits per heavy atom. The van der Waals surface area contributed by atoms with E-state index in [9.17, 15) is 0 Å². The van der Waals surface area contributed by atoms with Crippen LogP contribution in [-0.4, -0.2) is 0 Å². The second kappa shape index (κ2) is 8.52. The van der Waals surface area contributed by atoms with Gasteiger partial charge in [0.1, 0.15) is 0 Å². The monoisotopic (exact) mass is 490 g/mol. The van der Waals surface area contributed by atoms with Gasteiger partial charge in [-0.15, -0.1) is 0 Å². The van der Waals surface area contributed by atoms with Crippen LogP contribution in [0.2, 0.25) is 10.0 Å². The zero-order valence-electron chi connectivity index (χ0n) is 15.5. The molecule has 138 valence electrons. The Labute approximate surface area is 176 Å². The van der Waals surface area contributed by atoms with Gasteiger partial charge in [0.2, 0.25) is 0 Å². The molecule has 1 aromatic carbocycles. The summed E-state index contributed by atoms with van der Waals surface area (Å²) >= 11 is 15.2. The van der Waals surface area contributed by atoms with Gasteiger partial charge in [0.15, 0.2) is 0 Å². The Morgan fingerprint density at radius 2 is 1.84 bits per heavy atom. The topological polar surface area (TPSA) is 0 Å². The number of hydrogen-bond donors (Lipinski definition) is 0. The van der Waals surface area contributed by atoms with Gasteiger partial charge >= 0.3 is 0 Å². The van der Waals surface area contributed by atoms with E-state index in [0.29, 0.717) is 5.02 Å². The summed E-state index contributed by atoms with van der Waals surface area (Å²) in [5.41, 5.74) is 4.13. The van der Waals surface area contributed by atoms with E-state index >= 15 is 0 Å². The lowest BCUT2D eigenvalue weighted by molar-refractivity contribution is 0.136. The van der Waals surface area contributed by atoms with Crippen LogP contribution in [0.5, 0.6) is 0 Å². The first-order valence-electron chi connectivity index (χ1n) is 9.74. The summed E-state index contributed by atoms with van der Waals surface area (Å²) in [5, 5.41) is 1.44. The summed E-state index contributed by atoms with van der Waals surface area (Å²) in [6.07, 6.45) is 9.36. The van der Waals surface area contributed by atoms with E-state index in [-0.39, 0.29) is 0 Å². The molecule has 0 aliphatic heterocycles. The normalized spacial score (nSPS) is 30.6. The minimum Gasteiger partial charge on any atom is -0.0820 e. The van der Waals surface area contributed by atoms with Gasteiger partial charge in [0, 0.05) is 3.57 Å². The number of rotatable bonds is 3. The molecule has 0 bridgehead atoms. The van der Waals surface area contributed by atoms with E-state index < -0.39 is 0 Å². The van der Waals surface area contributed by atoms with Gasteiger partial charge in [-0.25, -0.2) is 0 Å². The average molecular weight is 491 g/mol. The lowest BCUT2D eigenvalue weighted by Gasteiger charge is -2.40. The molecule has 0 radical (unpaired) electrons. The van der Waals surface area contributed by atoms with Crippen molar-refractivity contribution in [3.05, 3.63) is 36.9 Å². The second-order valence-corrected chi connectivity index (χ2v) is 10.1. The molecule has 25 heavy (non-hydrogen) atoms. The van der Waals surface area contributed by atoms with Crippen LogP contribution in [0.15, 0.2) is 17.7 Å². The van der Waals surface area contributed by atoms with Crippen LogP contribution in [0.3, 0.4) is 0 Å². The maximum absolute atomic E-state index is 6.56. The summed E-state index contributed by atoms with van der Waals surface area (Å²) in [5.74, 6) is 3.64. The standard InChI is InChI=1S/C22H29Cl2I/c1-4-15-5-6-16(11-13(15)2)17-7-8-18(14(3)12-17)19-9-10-20(25)22(24)21(19)23/h9-10,13,15-17H,4-8,11-12H2,1-3H3/t13-,15?,16?,17?/m0/s1. The summed E-state index contributed by atoms with van der Waals surface area (Å²) in [6, 6.07) is 4.24. The third kappa shape index (κ3) is 4.24. The molecule has 0 heterocycles. The SMILES string of the molecule is CCC1CCC(C2CCC(c3ccc(I)c(Cl)c3Cl)=C(C)C2)C[C@@H]1C. The van der Waals surface area contributed by atoms with Crippen LogP contribution in [0.1, 0.15) is 71.3 Å². The molecule has 0 saturated heterocycles. The van der Waals surface area contributed by atoms with E-state index in [4.69, 9.17) is 23.2 Å². The first-order valence-corrected chi connectivity index (χ1v) is 11.6. The highest BCUT2D eigenvalue weighted by atomic mass is 127. The van der Waals surface area contributed by atoms with E-state index in [0.717, 1.165) is 44.2 Å². The number of hydrogen-bond acceptors (Lipinski definition) is 0. The molecular formula is C22H29Cl2I. The third-order valence-corrected chi connectivity index (χ3v) is 8.89. The quantitative estimate of drug-likeness (QED) is 0.293. The highest BCUT2D eigenvalue weighted by molar-refractivity contribution is 14.1. The van der Waals surface area contributed by atoms with Gasteiger partial charge in [-0.2, -0.15) is 0 Å². The fourth-order valence-electron chi connectivity index (χ4n) is 5.22. The number of allylic oxidation sites excluding steroid dienone is 2. The predicted molar refractivity (Wildman–Crippen MR) is 119 cm³/mol. The van der Waals surface area contributed by atoms with Crippen molar-refractivity contribution in [1.82, 2.24) is 0 Å². The van der Waals surface area contributed by atoms with Gasteiger partial charge in [0.25, 0.3) is 0 Å². The molecule has 1 aromatic rings. The molecule has 1 saturated carbocycles. The first-order chi connectivity index (χ1) is 11.9. The average Bonchev–Trinajstić information content (AvgIpc) is 2.60. The fraction of sp³-hybridized carbons (Fsp3) is 0.636. The molecule has 0 amide bonds. The molecule has 0 aromatic heterocycles. The summed E-state index contributed by atoms with van der Waals surface area (Å²) in [4.78, 5) is 0. The molecular weight excluding hydrogens is 462 g/mol. The lowest BCUT2D eigenvalue weighted by Crippen LogP contribution is -2.28. The smallest absolute Gasteiger partial charge is 0.0731 e. The molecule has 2 aliphatic rings. The Bertz CT molecular complexity index is 664. The van der Waals surface area contributed by atoms with Crippen LogP contribution < -0.4 is 0 Å². The van der Waals surface area contributed by atoms with Crippen molar-refractivity contribution >= 4 is 51.4 Å². The minimum atomic E-state index is 0.703. The minimum absolute atomic E-state index is 0.703. The molecule has 1 fully saturated rings. The largest absolute Gasteiger partial charge is 0.0820 e. The first kappa shape index (κ1) is 20.0. The van der Waals surface area contributed by atoms with E-state index in [1.165, 1.54) is 49.7 Å².